The van der Waals surface area contributed by atoms with Crippen molar-refractivity contribution in [2.75, 3.05) is 18.0 Å². The molecule has 0 saturated heterocycles. The predicted octanol–water partition coefficient (Wildman–Crippen LogP) is 1.98. The summed E-state index contributed by atoms with van der Waals surface area (Å²) in [5, 5.41) is 12.3. The molecule has 1 heterocycles. The van der Waals surface area contributed by atoms with E-state index in [1.54, 1.807) is 0 Å². The molecule has 0 radical (unpaired) electrons. The monoisotopic (exact) mass is 290 g/mol. The normalized spacial score (nSPS) is 18.8. The lowest BCUT2D eigenvalue weighted by Gasteiger charge is -2.34. The zero-order valence-electron chi connectivity index (χ0n) is 12.5. The molecule has 1 aliphatic rings. The van der Waals surface area contributed by atoms with Crippen molar-refractivity contribution < 1.29 is 14.7 Å². The summed E-state index contributed by atoms with van der Waals surface area (Å²) in [7, 11) is 0. The first-order valence-corrected chi connectivity index (χ1v) is 7.39. The molecule has 2 N–H and O–H groups in total. The van der Waals surface area contributed by atoms with Gasteiger partial charge in [-0.05, 0) is 31.4 Å². The zero-order chi connectivity index (χ0) is 15.4. The molecule has 0 aromatic heterocycles. The van der Waals surface area contributed by atoms with Crippen molar-refractivity contribution in [3.63, 3.8) is 0 Å². The van der Waals surface area contributed by atoms with Gasteiger partial charge < -0.3 is 15.3 Å². The summed E-state index contributed by atoms with van der Waals surface area (Å²) in [5.41, 5.74) is 1.66. The Balaban J connectivity index is 2.14. The number of carboxylic acid groups (broad SMARTS) is 1. The molecule has 5 nitrogen and oxygen atoms in total. The molecule has 2 atom stereocenters. The van der Waals surface area contributed by atoms with Gasteiger partial charge in [-0.1, -0.05) is 25.1 Å². The largest absolute Gasteiger partial charge is 0.481 e. The van der Waals surface area contributed by atoms with Gasteiger partial charge in [-0.2, -0.15) is 0 Å². The standard InChI is InChI=1S/C16H22N2O3/c1-3-11(2)17-15(19)10-18-9-8-13(16(20)21)12-6-4-5-7-14(12)18/h4-7,11,13H,3,8-10H2,1-2H3,(H,17,19)(H,20,21). The summed E-state index contributed by atoms with van der Waals surface area (Å²) in [4.78, 5) is 25.3. The van der Waals surface area contributed by atoms with Gasteiger partial charge in [0.25, 0.3) is 0 Å². The number of para-hydroxylation sites is 1. The minimum absolute atomic E-state index is 0.0204. The van der Waals surface area contributed by atoms with Crippen molar-refractivity contribution in [2.45, 2.75) is 38.6 Å². The molecule has 2 unspecified atom stereocenters. The first-order valence-electron chi connectivity index (χ1n) is 7.39. The van der Waals surface area contributed by atoms with Crippen LogP contribution in [-0.4, -0.2) is 36.1 Å². The van der Waals surface area contributed by atoms with E-state index in [0.29, 0.717) is 13.0 Å². The molecule has 0 fully saturated rings. The molecule has 1 aromatic rings. The number of anilines is 1. The third-order valence-electron chi connectivity index (χ3n) is 3.99. The van der Waals surface area contributed by atoms with Crippen molar-refractivity contribution in [1.82, 2.24) is 5.32 Å². The van der Waals surface area contributed by atoms with E-state index in [4.69, 9.17) is 0 Å². The predicted molar refractivity (Wildman–Crippen MR) is 81.5 cm³/mol. The minimum atomic E-state index is -0.800. The number of amides is 1. The Bertz CT molecular complexity index is 530. The number of nitrogens with one attached hydrogen (secondary N) is 1. The van der Waals surface area contributed by atoms with Gasteiger partial charge in [0.15, 0.2) is 0 Å². The third kappa shape index (κ3) is 3.54. The van der Waals surface area contributed by atoms with Crippen molar-refractivity contribution in [3.05, 3.63) is 29.8 Å². The Kier molecular flexibility index (Phi) is 4.83. The molecule has 5 heteroatoms. The molecule has 0 spiro atoms. The van der Waals surface area contributed by atoms with Crippen molar-refractivity contribution in [1.29, 1.82) is 0 Å². The summed E-state index contributed by atoms with van der Waals surface area (Å²) < 4.78 is 0. The highest BCUT2D eigenvalue weighted by Gasteiger charge is 2.30. The van der Waals surface area contributed by atoms with E-state index in [2.05, 4.69) is 5.32 Å². The van der Waals surface area contributed by atoms with E-state index < -0.39 is 11.9 Å². The van der Waals surface area contributed by atoms with Crippen LogP contribution in [0.25, 0.3) is 0 Å². The maximum atomic E-state index is 12.0. The molecule has 1 aliphatic heterocycles. The van der Waals surface area contributed by atoms with Gasteiger partial charge in [0.05, 0.1) is 12.5 Å². The van der Waals surface area contributed by atoms with E-state index in [1.165, 1.54) is 0 Å². The summed E-state index contributed by atoms with van der Waals surface area (Å²) in [6.07, 6.45) is 1.42. The number of benzene rings is 1. The molecule has 0 bridgehead atoms. The van der Waals surface area contributed by atoms with Crippen molar-refractivity contribution >= 4 is 17.6 Å². The van der Waals surface area contributed by atoms with E-state index in [0.717, 1.165) is 17.7 Å². The number of carbonyl (C=O) groups excluding carboxylic acids is 1. The summed E-state index contributed by atoms with van der Waals surface area (Å²) >= 11 is 0. The van der Waals surface area contributed by atoms with Gasteiger partial charge in [-0.3, -0.25) is 9.59 Å². The van der Waals surface area contributed by atoms with Gasteiger partial charge in [-0.15, -0.1) is 0 Å². The Hall–Kier alpha value is -2.04. The Labute approximate surface area is 125 Å². The molecule has 0 aliphatic carbocycles. The molecule has 2 rings (SSSR count). The number of nitrogens with zero attached hydrogens (tertiary/aromatic N) is 1. The number of aliphatic carboxylic acids is 1. The second-order valence-electron chi connectivity index (χ2n) is 5.54. The highest BCUT2D eigenvalue weighted by Crippen LogP contribution is 2.34. The minimum Gasteiger partial charge on any atom is -0.481 e. The van der Waals surface area contributed by atoms with Gasteiger partial charge in [-0.25, -0.2) is 0 Å². The number of carbonyl (C=O) groups is 2. The zero-order valence-corrected chi connectivity index (χ0v) is 12.5. The van der Waals surface area contributed by atoms with Gasteiger partial charge in [0.1, 0.15) is 0 Å². The summed E-state index contributed by atoms with van der Waals surface area (Å²) in [5.74, 6) is -1.30. The average molecular weight is 290 g/mol. The lowest BCUT2D eigenvalue weighted by Crippen LogP contribution is -2.43. The van der Waals surface area contributed by atoms with Crippen molar-refractivity contribution in [3.8, 4) is 0 Å². The highest BCUT2D eigenvalue weighted by atomic mass is 16.4. The highest BCUT2D eigenvalue weighted by molar-refractivity contribution is 5.84. The number of hydrogen-bond acceptors (Lipinski definition) is 3. The second kappa shape index (κ2) is 6.61. The molecule has 0 saturated carbocycles. The number of carboxylic acids is 1. The molecule has 1 aromatic carbocycles. The second-order valence-corrected chi connectivity index (χ2v) is 5.54. The van der Waals surface area contributed by atoms with Gasteiger partial charge in [0.2, 0.25) is 5.91 Å². The maximum absolute atomic E-state index is 12.0. The smallest absolute Gasteiger partial charge is 0.311 e. The number of hydrogen-bond donors (Lipinski definition) is 2. The quantitative estimate of drug-likeness (QED) is 0.870. The van der Waals surface area contributed by atoms with Crippen LogP contribution in [0.1, 0.15) is 38.2 Å². The van der Waals surface area contributed by atoms with E-state index in [1.807, 2.05) is 43.0 Å². The number of fused-ring (bicyclic) bond motifs is 1. The van der Waals surface area contributed by atoms with Crippen LogP contribution in [0.5, 0.6) is 0 Å². The summed E-state index contributed by atoms with van der Waals surface area (Å²) in [6, 6.07) is 7.61. The average Bonchev–Trinajstić information content (AvgIpc) is 2.47. The summed E-state index contributed by atoms with van der Waals surface area (Å²) in [6.45, 7) is 4.86. The van der Waals surface area contributed by atoms with Crippen LogP contribution in [0.15, 0.2) is 24.3 Å². The van der Waals surface area contributed by atoms with Gasteiger partial charge in [0, 0.05) is 18.3 Å². The lowest BCUT2D eigenvalue weighted by atomic mass is 9.90. The van der Waals surface area contributed by atoms with Crippen LogP contribution < -0.4 is 10.2 Å². The Morgan fingerprint density at radius 3 is 2.81 bits per heavy atom. The van der Waals surface area contributed by atoms with Crippen LogP contribution in [0.2, 0.25) is 0 Å². The van der Waals surface area contributed by atoms with Gasteiger partial charge >= 0.3 is 5.97 Å². The maximum Gasteiger partial charge on any atom is 0.311 e. The molecule has 1 amide bonds. The Morgan fingerprint density at radius 1 is 1.43 bits per heavy atom. The van der Waals surface area contributed by atoms with Crippen LogP contribution in [0.4, 0.5) is 5.69 Å². The molecular weight excluding hydrogens is 268 g/mol. The third-order valence-corrected chi connectivity index (χ3v) is 3.99. The Morgan fingerprint density at radius 2 is 2.14 bits per heavy atom. The SMILES string of the molecule is CCC(C)NC(=O)CN1CCC(C(=O)O)c2ccccc21. The van der Waals surface area contributed by atoms with Crippen LogP contribution in [0.3, 0.4) is 0 Å². The molecular formula is C16H22N2O3. The van der Waals surface area contributed by atoms with Crippen molar-refractivity contribution in [2.24, 2.45) is 0 Å². The fourth-order valence-corrected chi connectivity index (χ4v) is 2.65. The molecule has 21 heavy (non-hydrogen) atoms. The van der Waals surface area contributed by atoms with E-state index in [-0.39, 0.29) is 18.5 Å². The van der Waals surface area contributed by atoms with Crippen LogP contribution in [0, 0.1) is 0 Å². The first-order chi connectivity index (χ1) is 10.0. The van der Waals surface area contributed by atoms with E-state index >= 15 is 0 Å². The van der Waals surface area contributed by atoms with E-state index in [9.17, 15) is 14.7 Å². The number of rotatable bonds is 5. The fraction of sp³-hybridized carbons (Fsp3) is 0.500. The fourth-order valence-electron chi connectivity index (χ4n) is 2.65. The first kappa shape index (κ1) is 15.4. The van der Waals surface area contributed by atoms with Crippen LogP contribution >= 0.6 is 0 Å². The van der Waals surface area contributed by atoms with Crippen LogP contribution in [-0.2, 0) is 9.59 Å². The topological polar surface area (TPSA) is 69.6 Å². The molecule has 114 valence electrons. The lowest BCUT2D eigenvalue weighted by molar-refractivity contribution is -0.139.